The molecule has 0 radical (unpaired) electrons. The van der Waals surface area contributed by atoms with E-state index in [9.17, 15) is 0 Å². The Morgan fingerprint density at radius 2 is 1.92 bits per heavy atom. The molecule has 1 aliphatic carbocycles. The highest BCUT2D eigenvalue weighted by atomic mass is 16.3. The van der Waals surface area contributed by atoms with E-state index in [1.165, 1.54) is 12.8 Å². The quantitative estimate of drug-likeness (QED) is 0.675. The van der Waals surface area contributed by atoms with Crippen molar-refractivity contribution >= 4 is 0 Å². The van der Waals surface area contributed by atoms with Crippen LogP contribution in [0.1, 0.15) is 40.5 Å². The molecule has 1 aliphatic rings. The normalized spacial score (nSPS) is 23.8. The maximum absolute atomic E-state index is 9.03. The van der Waals surface area contributed by atoms with Gasteiger partial charge in [0.05, 0.1) is 6.61 Å². The third kappa shape index (κ3) is 2.46. The molecule has 0 saturated heterocycles. The lowest BCUT2D eigenvalue weighted by Gasteiger charge is -2.46. The van der Waals surface area contributed by atoms with Crippen LogP contribution in [0.4, 0.5) is 0 Å². The molecule has 2 heteroatoms. The van der Waals surface area contributed by atoms with Crippen molar-refractivity contribution in [2.75, 3.05) is 6.61 Å². The third-order valence-electron chi connectivity index (χ3n) is 2.59. The van der Waals surface area contributed by atoms with Crippen LogP contribution < -0.4 is 5.32 Å². The Kier molecular flexibility index (Phi) is 2.50. The van der Waals surface area contributed by atoms with Crippen molar-refractivity contribution in [3.05, 3.63) is 0 Å². The Morgan fingerprint density at radius 1 is 1.42 bits per heavy atom. The van der Waals surface area contributed by atoms with Crippen molar-refractivity contribution in [3.63, 3.8) is 0 Å². The maximum Gasteiger partial charge on any atom is 0.0607 e. The summed E-state index contributed by atoms with van der Waals surface area (Å²) in [5.74, 6) is 0. The molecule has 1 rings (SSSR count). The fourth-order valence-electron chi connectivity index (χ4n) is 1.97. The van der Waals surface area contributed by atoms with Crippen LogP contribution in [0.2, 0.25) is 0 Å². The smallest absolute Gasteiger partial charge is 0.0607 e. The van der Waals surface area contributed by atoms with Crippen molar-refractivity contribution in [1.29, 1.82) is 0 Å². The first-order valence-electron chi connectivity index (χ1n) is 4.73. The Balaban J connectivity index is 2.27. The molecular formula is C10H21NO. The largest absolute Gasteiger partial charge is 0.394 e. The Hall–Kier alpha value is -0.0800. The van der Waals surface area contributed by atoms with Crippen molar-refractivity contribution in [2.24, 2.45) is 5.41 Å². The fraction of sp³-hybridized carbons (Fsp3) is 1.00. The minimum Gasteiger partial charge on any atom is -0.394 e. The number of aliphatic hydroxyl groups is 1. The van der Waals surface area contributed by atoms with Gasteiger partial charge in [-0.15, -0.1) is 0 Å². The first-order valence-corrected chi connectivity index (χ1v) is 4.73. The van der Waals surface area contributed by atoms with Crippen LogP contribution in [0.3, 0.4) is 0 Å². The summed E-state index contributed by atoms with van der Waals surface area (Å²) >= 11 is 0. The highest BCUT2D eigenvalue weighted by Gasteiger charge is 2.38. The molecule has 0 bridgehead atoms. The van der Waals surface area contributed by atoms with E-state index >= 15 is 0 Å². The molecule has 0 amide bonds. The molecule has 0 spiro atoms. The third-order valence-corrected chi connectivity index (χ3v) is 2.59. The second-order valence-corrected chi connectivity index (χ2v) is 5.46. The number of aliphatic hydroxyl groups excluding tert-OH is 1. The average molecular weight is 171 g/mol. The van der Waals surface area contributed by atoms with Crippen molar-refractivity contribution in [1.82, 2.24) is 5.32 Å². The molecule has 0 aliphatic heterocycles. The molecule has 0 aromatic carbocycles. The highest BCUT2D eigenvalue weighted by Crippen LogP contribution is 2.40. The number of hydrogen-bond donors (Lipinski definition) is 2. The van der Waals surface area contributed by atoms with Crippen LogP contribution in [-0.4, -0.2) is 23.3 Å². The first kappa shape index (κ1) is 10.0. The molecule has 1 fully saturated rings. The van der Waals surface area contributed by atoms with Gasteiger partial charge in [-0.2, -0.15) is 0 Å². The van der Waals surface area contributed by atoms with E-state index in [1.54, 1.807) is 0 Å². The lowest BCUT2D eigenvalue weighted by Crippen LogP contribution is -2.55. The zero-order chi connectivity index (χ0) is 9.41. The van der Waals surface area contributed by atoms with Crippen LogP contribution in [0.5, 0.6) is 0 Å². The molecule has 0 aromatic heterocycles. The summed E-state index contributed by atoms with van der Waals surface area (Å²) in [7, 11) is 0. The van der Waals surface area contributed by atoms with Crippen LogP contribution >= 0.6 is 0 Å². The zero-order valence-corrected chi connectivity index (χ0v) is 8.65. The van der Waals surface area contributed by atoms with Gasteiger partial charge in [-0.1, -0.05) is 13.8 Å². The van der Waals surface area contributed by atoms with E-state index in [0.717, 1.165) is 0 Å². The molecule has 0 heterocycles. The topological polar surface area (TPSA) is 32.3 Å². The molecule has 2 nitrogen and oxygen atoms in total. The summed E-state index contributed by atoms with van der Waals surface area (Å²) in [6, 6.07) is 0.613. The van der Waals surface area contributed by atoms with Gasteiger partial charge in [0.1, 0.15) is 0 Å². The van der Waals surface area contributed by atoms with E-state index in [2.05, 4.69) is 19.2 Å². The summed E-state index contributed by atoms with van der Waals surface area (Å²) in [5.41, 5.74) is 0.407. The summed E-state index contributed by atoms with van der Waals surface area (Å²) < 4.78 is 0. The van der Waals surface area contributed by atoms with Crippen molar-refractivity contribution in [2.45, 2.75) is 52.1 Å². The molecular weight excluding hydrogens is 150 g/mol. The van der Waals surface area contributed by atoms with Crippen LogP contribution in [-0.2, 0) is 0 Å². The molecule has 0 atom stereocenters. The highest BCUT2D eigenvalue weighted by molar-refractivity contribution is 4.95. The predicted molar refractivity (Wildman–Crippen MR) is 51.1 cm³/mol. The molecule has 0 aromatic rings. The maximum atomic E-state index is 9.03. The second kappa shape index (κ2) is 3.00. The number of hydrogen-bond acceptors (Lipinski definition) is 2. The van der Waals surface area contributed by atoms with Crippen molar-refractivity contribution < 1.29 is 5.11 Å². The van der Waals surface area contributed by atoms with Gasteiger partial charge < -0.3 is 10.4 Å². The van der Waals surface area contributed by atoms with Gasteiger partial charge in [-0.25, -0.2) is 0 Å². The Morgan fingerprint density at radius 3 is 2.25 bits per heavy atom. The van der Waals surface area contributed by atoms with Gasteiger partial charge >= 0.3 is 0 Å². The summed E-state index contributed by atoms with van der Waals surface area (Å²) in [4.78, 5) is 0. The van der Waals surface area contributed by atoms with Gasteiger partial charge in [-0.05, 0) is 32.1 Å². The number of rotatable bonds is 3. The first-order chi connectivity index (χ1) is 5.35. The Bertz CT molecular complexity index is 155. The molecule has 2 N–H and O–H groups in total. The predicted octanol–water partition coefficient (Wildman–Crippen LogP) is 1.54. The Labute approximate surface area is 75.4 Å². The van der Waals surface area contributed by atoms with E-state index < -0.39 is 0 Å². The zero-order valence-electron chi connectivity index (χ0n) is 8.65. The summed E-state index contributed by atoms with van der Waals surface area (Å²) in [6.07, 6.45) is 2.47. The SMILES string of the molecule is CC1(C)CC(NC(C)(C)CO)C1. The van der Waals surface area contributed by atoms with Gasteiger partial charge in [0, 0.05) is 11.6 Å². The van der Waals surface area contributed by atoms with E-state index in [-0.39, 0.29) is 12.1 Å². The van der Waals surface area contributed by atoms with Crippen molar-refractivity contribution in [3.8, 4) is 0 Å². The second-order valence-electron chi connectivity index (χ2n) is 5.46. The molecule has 72 valence electrons. The van der Waals surface area contributed by atoms with Gasteiger partial charge in [0.25, 0.3) is 0 Å². The van der Waals surface area contributed by atoms with Gasteiger partial charge in [0.2, 0.25) is 0 Å². The minimum atomic E-state index is -0.110. The summed E-state index contributed by atoms with van der Waals surface area (Å²) in [5, 5.41) is 12.5. The van der Waals surface area contributed by atoms with E-state index in [1.807, 2.05) is 13.8 Å². The van der Waals surface area contributed by atoms with E-state index in [0.29, 0.717) is 11.5 Å². The average Bonchev–Trinajstić information content (AvgIpc) is 1.83. The van der Waals surface area contributed by atoms with Crippen LogP contribution in [0, 0.1) is 5.41 Å². The summed E-state index contributed by atoms with van der Waals surface area (Å²) in [6.45, 7) is 8.87. The monoisotopic (exact) mass is 171 g/mol. The van der Waals surface area contributed by atoms with E-state index in [4.69, 9.17) is 5.11 Å². The molecule has 12 heavy (non-hydrogen) atoms. The van der Waals surface area contributed by atoms with Crippen LogP contribution in [0.15, 0.2) is 0 Å². The number of nitrogens with one attached hydrogen (secondary N) is 1. The lowest BCUT2D eigenvalue weighted by molar-refractivity contribution is 0.0806. The lowest BCUT2D eigenvalue weighted by atomic mass is 9.68. The van der Waals surface area contributed by atoms with Gasteiger partial charge in [0.15, 0.2) is 0 Å². The van der Waals surface area contributed by atoms with Crippen LogP contribution in [0.25, 0.3) is 0 Å². The molecule has 1 saturated carbocycles. The van der Waals surface area contributed by atoms with Gasteiger partial charge in [-0.3, -0.25) is 0 Å². The minimum absolute atomic E-state index is 0.110. The standard InChI is InChI=1S/C10H21NO/c1-9(2)5-8(6-9)11-10(3,4)7-12/h8,11-12H,5-7H2,1-4H3. The fourth-order valence-corrected chi connectivity index (χ4v) is 1.97. The molecule has 0 unspecified atom stereocenters.